The first kappa shape index (κ1) is 19.3. The van der Waals surface area contributed by atoms with Gasteiger partial charge in [0.1, 0.15) is 17.6 Å². The molecule has 0 aliphatic carbocycles. The molecule has 0 unspecified atom stereocenters. The highest BCUT2D eigenvalue weighted by atomic mass is 35.5. The fraction of sp³-hybridized carbons (Fsp3) is 0.0500. The predicted octanol–water partition coefficient (Wildman–Crippen LogP) is 6.30. The maximum Gasteiger partial charge on any atom is 0.185 e. The van der Waals surface area contributed by atoms with Gasteiger partial charge in [-0.3, -0.25) is 9.78 Å². The van der Waals surface area contributed by atoms with E-state index in [4.69, 9.17) is 32.4 Å². The molecular formula is C20H11Cl2N3O3S. The number of carbonyl (C=O) groups is 1. The highest BCUT2D eigenvalue weighted by Crippen LogP contribution is 2.42. The van der Waals surface area contributed by atoms with Gasteiger partial charge >= 0.3 is 0 Å². The first-order valence-corrected chi connectivity index (χ1v) is 9.79. The van der Waals surface area contributed by atoms with E-state index in [1.807, 2.05) is 6.07 Å². The second kappa shape index (κ2) is 7.76. The third kappa shape index (κ3) is 3.54. The summed E-state index contributed by atoms with van der Waals surface area (Å²) < 4.78 is 11.5. The maximum absolute atomic E-state index is 10.9. The maximum atomic E-state index is 10.9. The van der Waals surface area contributed by atoms with Gasteiger partial charge in [-0.1, -0.05) is 23.2 Å². The highest BCUT2D eigenvalue weighted by molar-refractivity contribution is 7.22. The number of carbonyl (C=O) groups excluding carboxylic acids is 1. The topological polar surface area (TPSA) is 88.1 Å². The average Bonchev–Trinajstić information content (AvgIpc) is 3.36. The number of pyridine rings is 1. The number of hydrogen-bond donors (Lipinski definition) is 1. The van der Waals surface area contributed by atoms with Gasteiger partial charge in [0, 0.05) is 12.3 Å². The molecule has 3 heterocycles. The molecule has 4 aromatic rings. The molecule has 0 bridgehead atoms. The quantitative estimate of drug-likeness (QED) is 0.364. The van der Waals surface area contributed by atoms with E-state index >= 15 is 0 Å². The van der Waals surface area contributed by atoms with Crippen LogP contribution in [-0.2, 0) is 0 Å². The first-order chi connectivity index (χ1) is 14.0. The number of fused-ring (bicyclic) bond motifs is 1. The number of nitrogens with one attached hydrogen (secondary N) is 1. The van der Waals surface area contributed by atoms with Gasteiger partial charge in [-0.25, -0.2) is 0 Å². The zero-order chi connectivity index (χ0) is 20.5. The second-order valence-corrected chi connectivity index (χ2v) is 7.76. The molecule has 3 aromatic heterocycles. The number of thiophene rings is 1. The van der Waals surface area contributed by atoms with Crippen LogP contribution in [0.15, 0.2) is 40.9 Å². The Morgan fingerprint density at radius 2 is 2.10 bits per heavy atom. The number of rotatable bonds is 5. The van der Waals surface area contributed by atoms with Crippen LogP contribution in [0, 0.1) is 11.3 Å². The standard InChI is InChI=1S/C20H11Cl2N3O3S/c1-27-17-5-14(12(21)4-13(17)22)25-19-10(7-23)8-24-15-6-18(29-20(15)19)16-3-2-11(9-26)28-16/h2-6,8-9H,1H3,(H,24,25). The zero-order valence-corrected chi connectivity index (χ0v) is 17.2. The zero-order valence-electron chi connectivity index (χ0n) is 14.8. The van der Waals surface area contributed by atoms with Gasteiger partial charge in [0.05, 0.1) is 49.2 Å². The van der Waals surface area contributed by atoms with E-state index < -0.39 is 0 Å². The Labute approximate surface area is 179 Å². The Bertz CT molecular complexity index is 1290. The number of anilines is 2. The summed E-state index contributed by atoms with van der Waals surface area (Å²) in [6, 6.07) is 10.5. The summed E-state index contributed by atoms with van der Waals surface area (Å²) in [5, 5.41) is 13.5. The first-order valence-electron chi connectivity index (χ1n) is 8.22. The summed E-state index contributed by atoms with van der Waals surface area (Å²) in [5.74, 6) is 1.23. The molecule has 4 rings (SSSR count). The molecule has 6 nitrogen and oxygen atoms in total. The van der Waals surface area contributed by atoms with E-state index in [0.717, 1.165) is 9.58 Å². The summed E-state index contributed by atoms with van der Waals surface area (Å²) in [7, 11) is 1.51. The number of benzene rings is 1. The number of halogens is 2. The molecule has 1 aromatic carbocycles. The third-order valence-corrected chi connectivity index (χ3v) is 5.91. The van der Waals surface area contributed by atoms with E-state index in [-0.39, 0.29) is 5.76 Å². The van der Waals surface area contributed by atoms with Crippen LogP contribution in [0.1, 0.15) is 16.1 Å². The third-order valence-electron chi connectivity index (χ3n) is 4.15. The highest BCUT2D eigenvalue weighted by Gasteiger charge is 2.17. The molecule has 0 aliphatic heterocycles. The van der Waals surface area contributed by atoms with Crippen molar-refractivity contribution in [3.63, 3.8) is 0 Å². The molecule has 0 atom stereocenters. The van der Waals surface area contributed by atoms with Gasteiger partial charge in [-0.2, -0.15) is 5.26 Å². The minimum Gasteiger partial charge on any atom is -0.495 e. The number of methoxy groups -OCH3 is 1. The van der Waals surface area contributed by atoms with Crippen LogP contribution in [0.25, 0.3) is 20.9 Å². The van der Waals surface area contributed by atoms with Crippen molar-refractivity contribution in [1.82, 2.24) is 4.98 Å². The van der Waals surface area contributed by atoms with Gasteiger partial charge in [-0.05, 0) is 24.3 Å². The van der Waals surface area contributed by atoms with Gasteiger partial charge in [0.2, 0.25) is 0 Å². The monoisotopic (exact) mass is 443 g/mol. The van der Waals surface area contributed by atoms with Crippen LogP contribution >= 0.6 is 34.5 Å². The molecule has 144 valence electrons. The molecule has 0 radical (unpaired) electrons. The Morgan fingerprint density at radius 1 is 1.28 bits per heavy atom. The van der Waals surface area contributed by atoms with Crippen LogP contribution in [0.5, 0.6) is 5.75 Å². The summed E-state index contributed by atoms with van der Waals surface area (Å²) in [6.45, 7) is 0. The van der Waals surface area contributed by atoms with Gasteiger partial charge in [0.25, 0.3) is 0 Å². The summed E-state index contributed by atoms with van der Waals surface area (Å²) in [4.78, 5) is 16.0. The van der Waals surface area contributed by atoms with E-state index in [1.54, 1.807) is 24.3 Å². The van der Waals surface area contributed by atoms with Crippen molar-refractivity contribution in [3.05, 3.63) is 57.9 Å². The fourth-order valence-corrected chi connectivity index (χ4v) is 4.36. The Hall–Kier alpha value is -3.05. The van der Waals surface area contributed by atoms with Gasteiger partial charge in [0.15, 0.2) is 12.0 Å². The van der Waals surface area contributed by atoms with Crippen molar-refractivity contribution < 1.29 is 13.9 Å². The predicted molar refractivity (Wildman–Crippen MR) is 114 cm³/mol. The van der Waals surface area contributed by atoms with E-state index in [0.29, 0.717) is 50.3 Å². The lowest BCUT2D eigenvalue weighted by atomic mass is 10.2. The average molecular weight is 444 g/mol. The number of aldehydes is 1. The number of aromatic nitrogens is 1. The number of hydrogen-bond acceptors (Lipinski definition) is 7. The van der Waals surface area contributed by atoms with Crippen molar-refractivity contribution >= 4 is 62.4 Å². The number of furan rings is 1. The molecule has 0 aliphatic rings. The molecule has 0 fully saturated rings. The van der Waals surface area contributed by atoms with E-state index in [1.165, 1.54) is 24.6 Å². The number of nitriles is 1. The van der Waals surface area contributed by atoms with Crippen LogP contribution < -0.4 is 10.1 Å². The van der Waals surface area contributed by atoms with Crippen LogP contribution in [0.2, 0.25) is 10.0 Å². The van der Waals surface area contributed by atoms with Crippen molar-refractivity contribution in [2.45, 2.75) is 0 Å². The molecule has 29 heavy (non-hydrogen) atoms. The van der Waals surface area contributed by atoms with E-state index in [2.05, 4.69) is 16.4 Å². The second-order valence-electron chi connectivity index (χ2n) is 5.90. The lowest BCUT2D eigenvalue weighted by Crippen LogP contribution is -1.97. The van der Waals surface area contributed by atoms with Gasteiger partial charge < -0.3 is 14.5 Å². The lowest BCUT2D eigenvalue weighted by molar-refractivity contribution is 0.110. The number of ether oxygens (including phenoxy) is 1. The van der Waals surface area contributed by atoms with Crippen molar-refractivity contribution in [1.29, 1.82) is 5.26 Å². The molecule has 9 heteroatoms. The largest absolute Gasteiger partial charge is 0.495 e. The summed E-state index contributed by atoms with van der Waals surface area (Å²) in [5.41, 5.74) is 2.12. The SMILES string of the molecule is COc1cc(Nc2c(C#N)cnc3cc(-c4ccc(C=O)o4)sc23)c(Cl)cc1Cl. The smallest absolute Gasteiger partial charge is 0.185 e. The molecule has 1 N–H and O–H groups in total. The Kier molecular flexibility index (Phi) is 5.16. The fourth-order valence-electron chi connectivity index (χ4n) is 2.77. The lowest BCUT2D eigenvalue weighted by Gasteiger charge is -2.13. The van der Waals surface area contributed by atoms with E-state index in [9.17, 15) is 10.1 Å². The molecule has 0 spiro atoms. The normalized spacial score (nSPS) is 10.7. The summed E-state index contributed by atoms with van der Waals surface area (Å²) >= 11 is 13.8. The van der Waals surface area contributed by atoms with Crippen LogP contribution in [-0.4, -0.2) is 18.4 Å². The summed E-state index contributed by atoms with van der Waals surface area (Å²) in [6.07, 6.45) is 2.13. The molecular weight excluding hydrogens is 433 g/mol. The van der Waals surface area contributed by atoms with Crippen LogP contribution in [0.3, 0.4) is 0 Å². The Morgan fingerprint density at radius 3 is 2.79 bits per heavy atom. The minimum absolute atomic E-state index is 0.238. The Balaban J connectivity index is 1.85. The molecule has 0 amide bonds. The van der Waals surface area contributed by atoms with Gasteiger partial charge in [-0.15, -0.1) is 11.3 Å². The minimum atomic E-state index is 0.238. The molecule has 0 saturated heterocycles. The van der Waals surface area contributed by atoms with Crippen molar-refractivity contribution in [3.8, 4) is 22.5 Å². The van der Waals surface area contributed by atoms with Crippen LogP contribution in [0.4, 0.5) is 11.4 Å². The van der Waals surface area contributed by atoms with Crippen molar-refractivity contribution in [2.24, 2.45) is 0 Å². The number of nitrogens with zero attached hydrogens (tertiary/aromatic N) is 2. The molecule has 0 saturated carbocycles. The van der Waals surface area contributed by atoms with Crippen molar-refractivity contribution in [2.75, 3.05) is 12.4 Å².